The largest absolute Gasteiger partial charge is 0.423 e. The number of unbranched alkanes of at least 4 members (excludes halogenated alkanes) is 4. The standard InChI is InChI=1S/C22H22F2O4/c1-2-3-4-5-6-7-8-21(25)27-17-11-9-16(10-12-17)22(26)28-18-13-14-19(23)20(24)15-18/h7-15H,2-6H2,1H3. The van der Waals surface area contributed by atoms with Gasteiger partial charge in [-0.15, -0.1) is 0 Å². The SMILES string of the molecule is CCCCCCC=CC(=O)Oc1ccc(C(=O)Oc2ccc(F)c(F)c2)cc1. The maximum atomic E-state index is 13.2. The molecular weight excluding hydrogens is 366 g/mol. The minimum Gasteiger partial charge on any atom is -0.423 e. The van der Waals surface area contributed by atoms with E-state index in [0.717, 1.165) is 43.9 Å². The van der Waals surface area contributed by atoms with Crippen molar-refractivity contribution in [1.82, 2.24) is 0 Å². The average molecular weight is 388 g/mol. The van der Waals surface area contributed by atoms with Gasteiger partial charge in [-0.05, 0) is 49.2 Å². The monoisotopic (exact) mass is 388 g/mol. The summed E-state index contributed by atoms with van der Waals surface area (Å²) in [6.07, 6.45) is 8.51. The number of benzene rings is 2. The summed E-state index contributed by atoms with van der Waals surface area (Å²) in [7, 11) is 0. The van der Waals surface area contributed by atoms with Gasteiger partial charge < -0.3 is 9.47 Å². The summed E-state index contributed by atoms with van der Waals surface area (Å²) < 4.78 is 36.2. The van der Waals surface area contributed by atoms with Crippen LogP contribution in [0.2, 0.25) is 0 Å². The Bertz CT molecular complexity index is 829. The van der Waals surface area contributed by atoms with Crippen LogP contribution >= 0.6 is 0 Å². The molecule has 0 saturated carbocycles. The molecule has 28 heavy (non-hydrogen) atoms. The molecule has 0 bridgehead atoms. The third-order valence-electron chi connectivity index (χ3n) is 3.89. The van der Waals surface area contributed by atoms with Gasteiger partial charge in [0, 0.05) is 12.1 Å². The summed E-state index contributed by atoms with van der Waals surface area (Å²) in [6, 6.07) is 8.55. The minimum atomic E-state index is -1.11. The molecule has 0 saturated heterocycles. The maximum Gasteiger partial charge on any atom is 0.343 e. The van der Waals surface area contributed by atoms with Gasteiger partial charge in [0.25, 0.3) is 0 Å². The van der Waals surface area contributed by atoms with E-state index in [1.54, 1.807) is 6.08 Å². The lowest BCUT2D eigenvalue weighted by molar-refractivity contribution is -0.129. The Morgan fingerprint density at radius 3 is 2.29 bits per heavy atom. The van der Waals surface area contributed by atoms with Crippen LogP contribution in [-0.2, 0) is 4.79 Å². The van der Waals surface area contributed by atoms with E-state index < -0.39 is 23.6 Å². The Morgan fingerprint density at radius 2 is 1.61 bits per heavy atom. The van der Waals surface area contributed by atoms with Gasteiger partial charge in [0.2, 0.25) is 0 Å². The first-order chi connectivity index (χ1) is 13.5. The lowest BCUT2D eigenvalue weighted by Gasteiger charge is -2.06. The van der Waals surface area contributed by atoms with Gasteiger partial charge in [0.05, 0.1) is 5.56 Å². The molecule has 0 spiro atoms. The number of hydrogen-bond acceptors (Lipinski definition) is 4. The summed E-state index contributed by atoms with van der Waals surface area (Å²) >= 11 is 0. The van der Waals surface area contributed by atoms with Crippen LogP contribution < -0.4 is 9.47 Å². The first-order valence-corrected chi connectivity index (χ1v) is 9.15. The molecule has 2 aromatic rings. The van der Waals surface area contributed by atoms with E-state index in [-0.39, 0.29) is 17.1 Å². The molecule has 0 atom stereocenters. The van der Waals surface area contributed by atoms with E-state index in [2.05, 4.69) is 6.92 Å². The van der Waals surface area contributed by atoms with Crippen molar-refractivity contribution in [3.8, 4) is 11.5 Å². The topological polar surface area (TPSA) is 52.6 Å². The summed E-state index contributed by atoms with van der Waals surface area (Å²) in [5.41, 5.74) is 0.177. The predicted molar refractivity (Wildman–Crippen MR) is 101 cm³/mol. The zero-order valence-corrected chi connectivity index (χ0v) is 15.6. The average Bonchev–Trinajstić information content (AvgIpc) is 2.68. The molecule has 0 heterocycles. The van der Waals surface area contributed by atoms with Gasteiger partial charge in [-0.1, -0.05) is 32.3 Å². The highest BCUT2D eigenvalue weighted by Crippen LogP contribution is 2.18. The molecule has 0 aliphatic heterocycles. The number of hydrogen-bond donors (Lipinski definition) is 0. The molecule has 0 aliphatic carbocycles. The van der Waals surface area contributed by atoms with Crippen LogP contribution in [0, 0.1) is 11.6 Å². The number of ether oxygens (including phenoxy) is 2. The Kier molecular flexibility index (Phi) is 8.34. The van der Waals surface area contributed by atoms with Gasteiger partial charge in [0.15, 0.2) is 11.6 Å². The number of halogens is 2. The summed E-state index contributed by atoms with van der Waals surface area (Å²) in [4.78, 5) is 23.8. The molecule has 0 radical (unpaired) electrons. The lowest BCUT2D eigenvalue weighted by Crippen LogP contribution is -2.09. The fourth-order valence-corrected chi connectivity index (χ4v) is 2.38. The van der Waals surface area contributed by atoms with Gasteiger partial charge in [0.1, 0.15) is 11.5 Å². The Balaban J connectivity index is 1.84. The Hall–Kier alpha value is -3.02. The fraction of sp³-hybridized carbons (Fsp3) is 0.273. The van der Waals surface area contributed by atoms with Crippen molar-refractivity contribution in [2.75, 3.05) is 0 Å². The molecular formula is C22H22F2O4. The van der Waals surface area contributed by atoms with E-state index in [0.29, 0.717) is 0 Å². The predicted octanol–water partition coefficient (Wildman–Crippen LogP) is 5.62. The van der Waals surface area contributed by atoms with Crippen molar-refractivity contribution in [2.24, 2.45) is 0 Å². The van der Waals surface area contributed by atoms with Crippen molar-refractivity contribution in [2.45, 2.75) is 39.0 Å². The van der Waals surface area contributed by atoms with Crippen LogP contribution in [0.1, 0.15) is 49.4 Å². The highest BCUT2D eigenvalue weighted by Gasteiger charge is 2.11. The first-order valence-electron chi connectivity index (χ1n) is 9.15. The third-order valence-corrected chi connectivity index (χ3v) is 3.89. The van der Waals surface area contributed by atoms with E-state index in [1.165, 1.54) is 36.8 Å². The number of esters is 2. The molecule has 0 amide bonds. The quantitative estimate of drug-likeness (QED) is 0.242. The van der Waals surface area contributed by atoms with Crippen LogP contribution in [0.15, 0.2) is 54.6 Å². The molecule has 4 nitrogen and oxygen atoms in total. The zero-order chi connectivity index (χ0) is 20.4. The van der Waals surface area contributed by atoms with Gasteiger partial charge >= 0.3 is 11.9 Å². The second-order valence-corrected chi connectivity index (χ2v) is 6.16. The van der Waals surface area contributed by atoms with Crippen molar-refractivity contribution >= 4 is 11.9 Å². The number of allylic oxidation sites excluding steroid dienone is 1. The molecule has 0 unspecified atom stereocenters. The zero-order valence-electron chi connectivity index (χ0n) is 15.6. The molecule has 2 aromatic carbocycles. The Labute approximate surface area is 162 Å². The highest BCUT2D eigenvalue weighted by atomic mass is 19.2. The summed E-state index contributed by atoms with van der Waals surface area (Å²) in [6.45, 7) is 2.14. The van der Waals surface area contributed by atoms with Crippen molar-refractivity contribution in [1.29, 1.82) is 0 Å². The Morgan fingerprint density at radius 1 is 0.893 bits per heavy atom. The van der Waals surface area contributed by atoms with Gasteiger partial charge in [-0.25, -0.2) is 18.4 Å². The van der Waals surface area contributed by atoms with Crippen molar-refractivity contribution in [3.63, 3.8) is 0 Å². The first kappa shape index (κ1) is 21.3. The lowest BCUT2D eigenvalue weighted by atomic mass is 10.1. The summed E-state index contributed by atoms with van der Waals surface area (Å²) in [5, 5.41) is 0. The summed E-state index contributed by atoms with van der Waals surface area (Å²) in [5.74, 6) is -3.19. The van der Waals surface area contributed by atoms with Crippen LogP contribution in [-0.4, -0.2) is 11.9 Å². The molecule has 0 aromatic heterocycles. The van der Waals surface area contributed by atoms with E-state index in [4.69, 9.17) is 9.47 Å². The number of rotatable bonds is 9. The van der Waals surface area contributed by atoms with Crippen LogP contribution in [0.3, 0.4) is 0 Å². The highest BCUT2D eigenvalue weighted by molar-refractivity contribution is 5.91. The fourth-order valence-electron chi connectivity index (χ4n) is 2.38. The second kappa shape index (κ2) is 11.0. The second-order valence-electron chi connectivity index (χ2n) is 6.16. The smallest absolute Gasteiger partial charge is 0.343 e. The van der Waals surface area contributed by atoms with E-state index in [9.17, 15) is 18.4 Å². The molecule has 6 heteroatoms. The van der Waals surface area contributed by atoms with Crippen LogP contribution in [0.25, 0.3) is 0 Å². The van der Waals surface area contributed by atoms with Gasteiger partial charge in [-0.2, -0.15) is 0 Å². The molecule has 0 aliphatic rings. The molecule has 2 rings (SSSR count). The van der Waals surface area contributed by atoms with Crippen LogP contribution in [0.5, 0.6) is 11.5 Å². The normalized spacial score (nSPS) is 10.8. The minimum absolute atomic E-state index is 0.108. The molecule has 0 fully saturated rings. The van der Waals surface area contributed by atoms with E-state index in [1.807, 2.05) is 0 Å². The molecule has 0 N–H and O–H groups in total. The maximum absolute atomic E-state index is 13.2. The third kappa shape index (κ3) is 6.95. The van der Waals surface area contributed by atoms with Gasteiger partial charge in [-0.3, -0.25) is 0 Å². The number of carbonyl (C=O) groups is 2. The van der Waals surface area contributed by atoms with E-state index >= 15 is 0 Å². The van der Waals surface area contributed by atoms with Crippen molar-refractivity contribution < 1.29 is 27.8 Å². The van der Waals surface area contributed by atoms with Crippen molar-refractivity contribution in [3.05, 3.63) is 71.8 Å². The van der Waals surface area contributed by atoms with Crippen LogP contribution in [0.4, 0.5) is 8.78 Å². The number of carbonyl (C=O) groups excluding carboxylic acids is 2. The molecule has 148 valence electrons.